The summed E-state index contributed by atoms with van der Waals surface area (Å²) in [5, 5.41) is 4.51. The van der Waals surface area contributed by atoms with Crippen LogP contribution in [0.4, 0.5) is 0 Å². The third kappa shape index (κ3) is 4.12. The van der Waals surface area contributed by atoms with E-state index in [1.807, 2.05) is 11.7 Å². The molecule has 0 aliphatic heterocycles. The summed E-state index contributed by atoms with van der Waals surface area (Å²) in [6.07, 6.45) is 0. The van der Waals surface area contributed by atoms with E-state index in [0.29, 0.717) is 18.0 Å². The molecule has 0 aromatic heterocycles. The first kappa shape index (κ1) is 10.6. The molecule has 0 heterocycles. The Morgan fingerprint density at radius 1 is 1.00 bits per heavy atom. The normalized spacial score (nSPS) is 16.2. The third-order valence-corrected chi connectivity index (χ3v) is 2.08. The molecule has 0 aromatic carbocycles. The van der Waals surface area contributed by atoms with Crippen molar-refractivity contribution in [1.29, 1.82) is 0 Å². The Bertz CT molecular complexity index is 136. The predicted molar refractivity (Wildman–Crippen MR) is 48.0 cm³/mol. The second-order valence-corrected chi connectivity index (χ2v) is 3.77. The smallest absolute Gasteiger partial charge is 0.128 e. The topological polar surface area (TPSA) is 15.4 Å². The summed E-state index contributed by atoms with van der Waals surface area (Å²) in [5.41, 5.74) is 0. The number of hydrogen-bond donors (Lipinski definition) is 0. The number of azo groups is 2. The molecule has 0 bridgehead atoms. The highest BCUT2D eigenvalue weighted by Gasteiger charge is 2.11. The van der Waals surface area contributed by atoms with E-state index in [0.717, 1.165) is 0 Å². The van der Waals surface area contributed by atoms with Crippen molar-refractivity contribution in [2.24, 2.45) is 11.0 Å². The highest BCUT2D eigenvalue weighted by Crippen LogP contribution is 2.05. The van der Waals surface area contributed by atoms with Crippen LogP contribution in [0, 0.1) is 5.92 Å². The zero-order valence-electron chi connectivity index (χ0n) is 8.63. The molecular formula is C9H21N2+. The second-order valence-electron chi connectivity index (χ2n) is 3.77. The Hall–Kier alpha value is -0.400. The summed E-state index contributed by atoms with van der Waals surface area (Å²) < 4.78 is 2.03. The van der Waals surface area contributed by atoms with Gasteiger partial charge in [0.1, 0.15) is 6.04 Å². The van der Waals surface area contributed by atoms with Crippen LogP contribution in [-0.2, 0) is 0 Å². The van der Waals surface area contributed by atoms with Crippen LogP contribution in [-0.4, -0.2) is 23.8 Å². The number of nitrogens with zero attached hydrogens (tertiary/aromatic N) is 2. The molecule has 66 valence electrons. The Balaban J connectivity index is 4.07. The van der Waals surface area contributed by atoms with Crippen molar-refractivity contribution in [3.05, 3.63) is 0 Å². The van der Waals surface area contributed by atoms with Crippen molar-refractivity contribution in [3.63, 3.8) is 0 Å². The van der Waals surface area contributed by atoms with Gasteiger partial charge in [-0.15, -0.1) is 4.70 Å². The van der Waals surface area contributed by atoms with E-state index in [2.05, 4.69) is 39.7 Å². The first-order chi connectivity index (χ1) is 4.95. The van der Waals surface area contributed by atoms with Crippen LogP contribution in [0.5, 0.6) is 0 Å². The molecule has 1 atom stereocenters. The van der Waals surface area contributed by atoms with Gasteiger partial charge in [0, 0.05) is 0 Å². The van der Waals surface area contributed by atoms with Gasteiger partial charge in [0.15, 0.2) is 13.1 Å². The lowest BCUT2D eigenvalue weighted by Gasteiger charge is -2.07. The predicted octanol–water partition coefficient (Wildman–Crippen LogP) is 2.53. The lowest BCUT2D eigenvalue weighted by atomic mass is 10.1. The van der Waals surface area contributed by atoms with E-state index in [1.165, 1.54) is 0 Å². The molecule has 0 aromatic rings. The minimum Gasteiger partial charge on any atom is -0.128 e. The molecule has 0 saturated carbocycles. The van der Waals surface area contributed by atoms with Crippen molar-refractivity contribution < 1.29 is 4.70 Å². The molecule has 0 radical (unpaired) electrons. The average Bonchev–Trinajstić information content (AvgIpc) is 1.87. The molecule has 0 aliphatic carbocycles. The lowest BCUT2D eigenvalue weighted by molar-refractivity contribution is -0.599. The first-order valence-electron chi connectivity index (χ1n) is 4.38. The highest BCUT2D eigenvalue weighted by molar-refractivity contribution is 4.58. The molecule has 1 unspecified atom stereocenters. The summed E-state index contributed by atoms with van der Waals surface area (Å²) in [5.74, 6) is 0.635. The monoisotopic (exact) mass is 157 g/mol. The van der Waals surface area contributed by atoms with Gasteiger partial charge >= 0.3 is 0 Å². The van der Waals surface area contributed by atoms with Gasteiger partial charge in [0.25, 0.3) is 0 Å². The van der Waals surface area contributed by atoms with Crippen molar-refractivity contribution in [3.8, 4) is 0 Å². The second kappa shape index (κ2) is 4.47. The fraction of sp³-hybridized carbons (Fsp3) is 1.00. The molecule has 0 aliphatic rings. The Kier molecular flexibility index (Phi) is 4.31. The molecule has 0 saturated heterocycles. The third-order valence-electron chi connectivity index (χ3n) is 2.08. The lowest BCUT2D eigenvalue weighted by Crippen LogP contribution is -2.18. The molecule has 0 N–H and O–H groups in total. The Morgan fingerprint density at radius 2 is 1.45 bits per heavy atom. The number of hydrogen-bond acceptors (Lipinski definition) is 1. The van der Waals surface area contributed by atoms with Crippen LogP contribution >= 0.6 is 0 Å². The molecule has 0 amide bonds. The van der Waals surface area contributed by atoms with Crippen molar-refractivity contribution in [1.82, 2.24) is 0 Å². The largest absolute Gasteiger partial charge is 0.172 e. The molecular weight excluding hydrogens is 136 g/mol. The van der Waals surface area contributed by atoms with Gasteiger partial charge < -0.3 is 0 Å². The molecule has 11 heavy (non-hydrogen) atoms. The Morgan fingerprint density at radius 3 is 1.73 bits per heavy atom. The van der Waals surface area contributed by atoms with Gasteiger partial charge in [0.2, 0.25) is 0 Å². The van der Waals surface area contributed by atoms with Crippen LogP contribution < -0.4 is 0 Å². The molecule has 0 spiro atoms. The van der Waals surface area contributed by atoms with Gasteiger partial charge in [-0.1, -0.05) is 13.8 Å². The van der Waals surface area contributed by atoms with Gasteiger partial charge in [-0.05, 0) is 31.8 Å². The zero-order chi connectivity index (χ0) is 9.02. The summed E-state index contributed by atoms with van der Waals surface area (Å²) in [6, 6.07) is 0.943. The summed E-state index contributed by atoms with van der Waals surface area (Å²) >= 11 is 0. The summed E-state index contributed by atoms with van der Waals surface area (Å²) in [4.78, 5) is 0. The average molecular weight is 157 g/mol. The highest BCUT2D eigenvalue weighted by atomic mass is 15.3. The van der Waals surface area contributed by atoms with E-state index in [9.17, 15) is 0 Å². The molecule has 2 heteroatoms. The van der Waals surface area contributed by atoms with E-state index >= 15 is 0 Å². The van der Waals surface area contributed by atoms with Crippen LogP contribution in [0.25, 0.3) is 0 Å². The van der Waals surface area contributed by atoms with Crippen molar-refractivity contribution >= 4 is 0 Å². The summed E-state index contributed by atoms with van der Waals surface area (Å²) in [6.45, 7) is 10.8. The van der Waals surface area contributed by atoms with E-state index < -0.39 is 0 Å². The van der Waals surface area contributed by atoms with Crippen LogP contribution in [0.1, 0.15) is 34.6 Å². The summed E-state index contributed by atoms with van der Waals surface area (Å²) in [7, 11) is 2.03. The fourth-order valence-corrected chi connectivity index (χ4v) is 0.554. The SMILES string of the molecule is CC(C)C(C)N=[N+](C)C(C)C. The van der Waals surface area contributed by atoms with Crippen molar-refractivity contribution in [2.45, 2.75) is 46.7 Å². The quantitative estimate of drug-likeness (QED) is 0.442. The van der Waals surface area contributed by atoms with E-state index in [1.54, 1.807) is 0 Å². The Labute approximate surface area is 70.3 Å². The van der Waals surface area contributed by atoms with Crippen LogP contribution in [0.15, 0.2) is 5.11 Å². The van der Waals surface area contributed by atoms with Crippen molar-refractivity contribution in [2.75, 3.05) is 7.05 Å². The van der Waals surface area contributed by atoms with Gasteiger partial charge in [0.05, 0.1) is 0 Å². The van der Waals surface area contributed by atoms with Crippen LogP contribution in [0.2, 0.25) is 0 Å². The van der Waals surface area contributed by atoms with E-state index in [-0.39, 0.29) is 0 Å². The first-order valence-corrected chi connectivity index (χ1v) is 4.38. The zero-order valence-corrected chi connectivity index (χ0v) is 8.63. The molecule has 0 rings (SSSR count). The maximum Gasteiger partial charge on any atom is 0.172 e. The maximum absolute atomic E-state index is 4.51. The molecule has 0 fully saturated rings. The van der Waals surface area contributed by atoms with Crippen LogP contribution in [0.3, 0.4) is 0 Å². The maximum atomic E-state index is 4.51. The minimum atomic E-state index is 0.433. The fourth-order valence-electron chi connectivity index (χ4n) is 0.554. The van der Waals surface area contributed by atoms with Gasteiger partial charge in [-0.25, -0.2) is 0 Å². The minimum absolute atomic E-state index is 0.433. The van der Waals surface area contributed by atoms with Gasteiger partial charge in [-0.2, -0.15) is 0 Å². The standard InChI is InChI=1S/C9H21N2/c1-7(2)9(5)10-11(6)8(3)4/h7-9H,1-6H3/q+1. The van der Waals surface area contributed by atoms with E-state index in [4.69, 9.17) is 0 Å². The number of rotatable bonds is 3. The molecule has 2 nitrogen and oxygen atoms in total. The van der Waals surface area contributed by atoms with Gasteiger partial charge in [-0.3, -0.25) is 0 Å².